The number of amides is 1. The molecule has 0 fully saturated rings. The van der Waals surface area contributed by atoms with Gasteiger partial charge in [-0.15, -0.1) is 12.4 Å². The predicted octanol–water partition coefficient (Wildman–Crippen LogP) is 2.51. The monoisotopic (exact) mass is 284 g/mol. The summed E-state index contributed by atoms with van der Waals surface area (Å²) in [6.07, 6.45) is 0. The highest BCUT2D eigenvalue weighted by atomic mass is 35.5. The number of nitrogens with one attached hydrogen (secondary N) is 2. The molecule has 1 rings (SSSR count). The van der Waals surface area contributed by atoms with Gasteiger partial charge in [0.25, 0.3) is 0 Å². The summed E-state index contributed by atoms with van der Waals surface area (Å²) in [5.41, 5.74) is 4.98. The van der Waals surface area contributed by atoms with E-state index in [4.69, 9.17) is 0 Å². The zero-order valence-electron chi connectivity index (χ0n) is 12.5. The van der Waals surface area contributed by atoms with Gasteiger partial charge in [-0.05, 0) is 44.5 Å². The molecular formula is C15H25ClN2O. The highest BCUT2D eigenvalue weighted by molar-refractivity contribution is 5.85. The summed E-state index contributed by atoms with van der Waals surface area (Å²) in [6, 6.07) is 4.32. The maximum Gasteiger partial charge on any atom is 0.224 e. The largest absolute Gasteiger partial charge is 0.352 e. The quantitative estimate of drug-likeness (QED) is 0.872. The van der Waals surface area contributed by atoms with E-state index in [-0.39, 0.29) is 24.2 Å². The normalized spacial score (nSPS) is 11.6. The van der Waals surface area contributed by atoms with E-state index >= 15 is 0 Å². The van der Waals surface area contributed by atoms with Crippen LogP contribution in [-0.2, 0) is 11.3 Å². The maximum atomic E-state index is 11.8. The number of aryl methyl sites for hydroxylation is 3. The van der Waals surface area contributed by atoms with Crippen molar-refractivity contribution in [1.29, 1.82) is 0 Å². The minimum absolute atomic E-state index is 0. The molecule has 1 unspecified atom stereocenters. The number of carbonyl (C=O) groups is 1. The summed E-state index contributed by atoms with van der Waals surface area (Å²) in [5, 5.41) is 6.02. The van der Waals surface area contributed by atoms with Crippen LogP contribution in [0.25, 0.3) is 0 Å². The Kier molecular flexibility index (Phi) is 7.72. The van der Waals surface area contributed by atoms with Crippen LogP contribution in [0.4, 0.5) is 0 Å². The van der Waals surface area contributed by atoms with Gasteiger partial charge < -0.3 is 10.6 Å². The average molecular weight is 285 g/mol. The SMILES string of the molecule is CNCC(C)C(=O)NCc1c(C)cc(C)cc1C.Cl. The van der Waals surface area contributed by atoms with Crippen LogP contribution in [0.15, 0.2) is 12.1 Å². The molecular weight excluding hydrogens is 260 g/mol. The number of carbonyl (C=O) groups excluding carboxylic acids is 1. The van der Waals surface area contributed by atoms with Crippen LogP contribution in [0, 0.1) is 26.7 Å². The van der Waals surface area contributed by atoms with Crippen LogP contribution in [0.1, 0.15) is 29.2 Å². The predicted molar refractivity (Wildman–Crippen MR) is 82.8 cm³/mol. The summed E-state index contributed by atoms with van der Waals surface area (Å²) in [6.45, 7) is 9.54. The fourth-order valence-electron chi connectivity index (χ4n) is 2.24. The number of hydrogen-bond acceptors (Lipinski definition) is 2. The fraction of sp³-hybridized carbons (Fsp3) is 0.533. The zero-order chi connectivity index (χ0) is 13.7. The molecule has 2 N–H and O–H groups in total. The minimum atomic E-state index is 0. The van der Waals surface area contributed by atoms with Crippen LogP contribution in [-0.4, -0.2) is 19.5 Å². The molecule has 1 amide bonds. The van der Waals surface area contributed by atoms with Crippen LogP contribution in [0.2, 0.25) is 0 Å². The van der Waals surface area contributed by atoms with Gasteiger partial charge in [-0.2, -0.15) is 0 Å². The first kappa shape index (κ1) is 17.9. The fourth-order valence-corrected chi connectivity index (χ4v) is 2.24. The second-order valence-corrected chi connectivity index (χ2v) is 5.05. The maximum absolute atomic E-state index is 11.8. The van der Waals surface area contributed by atoms with Gasteiger partial charge in [0.15, 0.2) is 0 Å². The Morgan fingerprint density at radius 1 is 1.21 bits per heavy atom. The highest BCUT2D eigenvalue weighted by Gasteiger charge is 2.12. The number of hydrogen-bond donors (Lipinski definition) is 2. The molecule has 0 saturated heterocycles. The molecule has 0 aliphatic rings. The third-order valence-corrected chi connectivity index (χ3v) is 3.24. The van der Waals surface area contributed by atoms with E-state index in [1.54, 1.807) is 0 Å². The van der Waals surface area contributed by atoms with Crippen molar-refractivity contribution < 1.29 is 4.79 Å². The van der Waals surface area contributed by atoms with Crippen molar-refractivity contribution in [3.8, 4) is 0 Å². The van der Waals surface area contributed by atoms with Crippen molar-refractivity contribution in [2.24, 2.45) is 5.92 Å². The van der Waals surface area contributed by atoms with Crippen LogP contribution in [0.3, 0.4) is 0 Å². The Labute approximate surface area is 122 Å². The lowest BCUT2D eigenvalue weighted by Gasteiger charge is -2.15. The molecule has 0 saturated carbocycles. The third kappa shape index (κ3) is 5.21. The minimum Gasteiger partial charge on any atom is -0.352 e. The Balaban J connectivity index is 0.00000324. The second-order valence-electron chi connectivity index (χ2n) is 5.05. The number of benzene rings is 1. The summed E-state index contributed by atoms with van der Waals surface area (Å²) >= 11 is 0. The first-order chi connectivity index (χ1) is 8.45. The Hall–Kier alpha value is -1.06. The first-order valence-electron chi connectivity index (χ1n) is 6.44. The van der Waals surface area contributed by atoms with Gasteiger partial charge >= 0.3 is 0 Å². The summed E-state index contributed by atoms with van der Waals surface area (Å²) in [7, 11) is 1.86. The van der Waals surface area contributed by atoms with Crippen LogP contribution < -0.4 is 10.6 Å². The van der Waals surface area contributed by atoms with Gasteiger partial charge in [0.1, 0.15) is 0 Å². The van der Waals surface area contributed by atoms with E-state index in [1.165, 1.54) is 22.3 Å². The molecule has 0 aromatic heterocycles. The summed E-state index contributed by atoms with van der Waals surface area (Å²) in [5.74, 6) is 0.102. The average Bonchev–Trinajstić information content (AvgIpc) is 2.27. The summed E-state index contributed by atoms with van der Waals surface area (Å²) < 4.78 is 0. The van der Waals surface area contributed by atoms with Crippen LogP contribution in [0.5, 0.6) is 0 Å². The lowest BCUT2D eigenvalue weighted by atomic mass is 9.99. The van der Waals surface area contributed by atoms with Crippen molar-refractivity contribution in [2.75, 3.05) is 13.6 Å². The van der Waals surface area contributed by atoms with Crippen LogP contribution >= 0.6 is 12.4 Å². The molecule has 0 aliphatic heterocycles. The Morgan fingerprint density at radius 3 is 2.21 bits per heavy atom. The molecule has 4 heteroatoms. The summed E-state index contributed by atoms with van der Waals surface area (Å²) in [4.78, 5) is 11.8. The van der Waals surface area contributed by atoms with Gasteiger partial charge in [0.2, 0.25) is 5.91 Å². The van der Waals surface area contributed by atoms with Crippen molar-refractivity contribution in [1.82, 2.24) is 10.6 Å². The van der Waals surface area contributed by atoms with E-state index in [0.717, 1.165) is 0 Å². The molecule has 19 heavy (non-hydrogen) atoms. The first-order valence-corrected chi connectivity index (χ1v) is 6.44. The van der Waals surface area contributed by atoms with Crippen molar-refractivity contribution in [3.63, 3.8) is 0 Å². The Bertz CT molecular complexity index is 409. The molecule has 1 aromatic rings. The highest BCUT2D eigenvalue weighted by Crippen LogP contribution is 2.16. The molecule has 0 spiro atoms. The van der Waals surface area contributed by atoms with Crippen molar-refractivity contribution >= 4 is 18.3 Å². The van der Waals surface area contributed by atoms with Crippen molar-refractivity contribution in [3.05, 3.63) is 34.4 Å². The molecule has 0 bridgehead atoms. The molecule has 0 heterocycles. The number of halogens is 1. The molecule has 108 valence electrons. The van der Waals surface area contributed by atoms with Gasteiger partial charge in [-0.1, -0.05) is 24.6 Å². The second kappa shape index (κ2) is 8.18. The van der Waals surface area contributed by atoms with Gasteiger partial charge in [0, 0.05) is 19.0 Å². The topological polar surface area (TPSA) is 41.1 Å². The molecule has 0 radical (unpaired) electrons. The third-order valence-electron chi connectivity index (χ3n) is 3.24. The van der Waals surface area contributed by atoms with Crippen molar-refractivity contribution in [2.45, 2.75) is 34.2 Å². The smallest absolute Gasteiger partial charge is 0.224 e. The van der Waals surface area contributed by atoms with E-state index in [0.29, 0.717) is 13.1 Å². The molecule has 1 aromatic carbocycles. The lowest BCUT2D eigenvalue weighted by molar-refractivity contribution is -0.124. The van der Waals surface area contributed by atoms with E-state index in [2.05, 4.69) is 43.5 Å². The van der Waals surface area contributed by atoms with E-state index < -0.39 is 0 Å². The zero-order valence-corrected chi connectivity index (χ0v) is 13.3. The number of rotatable bonds is 5. The lowest BCUT2D eigenvalue weighted by Crippen LogP contribution is -2.34. The molecule has 0 aliphatic carbocycles. The molecule has 3 nitrogen and oxygen atoms in total. The van der Waals surface area contributed by atoms with Gasteiger partial charge in [-0.3, -0.25) is 4.79 Å². The van der Waals surface area contributed by atoms with E-state index in [9.17, 15) is 4.79 Å². The standard InChI is InChI=1S/C15H24N2O.ClH/c1-10-6-11(2)14(12(3)7-10)9-17-15(18)13(4)8-16-5;/h6-7,13,16H,8-9H2,1-5H3,(H,17,18);1H. The Morgan fingerprint density at radius 2 is 1.74 bits per heavy atom. The molecule has 1 atom stereocenters. The van der Waals surface area contributed by atoms with Gasteiger partial charge in [-0.25, -0.2) is 0 Å². The van der Waals surface area contributed by atoms with Gasteiger partial charge in [0.05, 0.1) is 0 Å². The van der Waals surface area contributed by atoms with E-state index in [1.807, 2.05) is 14.0 Å².